The van der Waals surface area contributed by atoms with Crippen LogP contribution in [0.4, 0.5) is 17.3 Å². The van der Waals surface area contributed by atoms with Gasteiger partial charge in [0, 0.05) is 19.6 Å². The Morgan fingerprint density at radius 2 is 1.70 bits per heavy atom. The van der Waals surface area contributed by atoms with E-state index in [2.05, 4.69) is 43.0 Å². The van der Waals surface area contributed by atoms with E-state index in [-0.39, 0.29) is 16.4 Å². The lowest BCUT2D eigenvalue weighted by molar-refractivity contribution is -0.383. The second-order valence-corrected chi connectivity index (χ2v) is 7.51. The highest BCUT2D eigenvalue weighted by Crippen LogP contribution is 2.32. The lowest BCUT2D eigenvalue weighted by atomic mass is 10.1. The number of rotatable bonds is 10. The van der Waals surface area contributed by atoms with Crippen LogP contribution in [0.1, 0.15) is 33.3 Å². The molecule has 0 atom stereocenters. The van der Waals surface area contributed by atoms with Gasteiger partial charge in [-0.1, -0.05) is 58.0 Å². The first-order valence-corrected chi connectivity index (χ1v) is 9.40. The highest BCUT2D eigenvalue weighted by molar-refractivity contribution is 5.70. The maximum absolute atomic E-state index is 11.8. The molecule has 1 aromatic carbocycles. The average molecular weight is 371 g/mol. The molecule has 0 fully saturated rings. The van der Waals surface area contributed by atoms with Gasteiger partial charge in [-0.15, -0.1) is 0 Å². The van der Waals surface area contributed by atoms with Crippen molar-refractivity contribution in [2.75, 3.05) is 29.9 Å². The number of benzene rings is 1. The lowest BCUT2D eigenvalue weighted by Gasteiger charge is -2.27. The minimum atomic E-state index is -0.381. The van der Waals surface area contributed by atoms with Crippen molar-refractivity contribution in [3.05, 3.63) is 52.3 Å². The maximum Gasteiger partial charge on any atom is 0.353 e. The van der Waals surface area contributed by atoms with Crippen LogP contribution < -0.4 is 10.2 Å². The van der Waals surface area contributed by atoms with Crippen molar-refractivity contribution in [3.63, 3.8) is 0 Å². The van der Waals surface area contributed by atoms with E-state index >= 15 is 0 Å². The van der Waals surface area contributed by atoms with E-state index in [0.717, 1.165) is 6.42 Å². The Bertz CT molecular complexity index is 724. The van der Waals surface area contributed by atoms with Crippen LogP contribution in [0.3, 0.4) is 0 Å². The van der Waals surface area contributed by atoms with Crippen molar-refractivity contribution < 1.29 is 4.92 Å². The van der Waals surface area contributed by atoms with E-state index in [1.165, 1.54) is 11.9 Å². The molecule has 1 aromatic heterocycles. The van der Waals surface area contributed by atoms with Crippen LogP contribution in [0.25, 0.3) is 0 Å². The summed E-state index contributed by atoms with van der Waals surface area (Å²) in [6.07, 6.45) is 2.17. The second-order valence-electron chi connectivity index (χ2n) is 7.51. The summed E-state index contributed by atoms with van der Waals surface area (Å²) in [7, 11) is 0. The number of nitrogens with zero attached hydrogens (tertiary/aromatic N) is 4. The topological polar surface area (TPSA) is 84.2 Å². The van der Waals surface area contributed by atoms with Crippen molar-refractivity contribution in [1.29, 1.82) is 0 Å². The summed E-state index contributed by atoms with van der Waals surface area (Å²) in [4.78, 5) is 21.8. The maximum atomic E-state index is 11.8. The zero-order chi connectivity index (χ0) is 19.8. The van der Waals surface area contributed by atoms with Gasteiger partial charge in [0.05, 0.1) is 4.92 Å². The molecule has 1 heterocycles. The van der Waals surface area contributed by atoms with E-state index in [4.69, 9.17) is 0 Å². The van der Waals surface area contributed by atoms with Crippen LogP contribution >= 0.6 is 0 Å². The fourth-order valence-electron chi connectivity index (χ4n) is 3.00. The molecule has 0 aliphatic heterocycles. The summed E-state index contributed by atoms with van der Waals surface area (Å²) in [5.41, 5.74) is 1.12. The predicted octanol–water partition coefficient (Wildman–Crippen LogP) is 4.16. The first kappa shape index (κ1) is 20.6. The van der Waals surface area contributed by atoms with E-state index in [9.17, 15) is 10.1 Å². The second kappa shape index (κ2) is 9.85. The monoisotopic (exact) mass is 371 g/mol. The minimum Gasteiger partial charge on any atom is -0.364 e. The van der Waals surface area contributed by atoms with Gasteiger partial charge in [0.2, 0.25) is 11.6 Å². The predicted molar refractivity (Wildman–Crippen MR) is 109 cm³/mol. The fraction of sp³-hybridized carbons (Fsp3) is 0.500. The molecule has 7 nitrogen and oxygen atoms in total. The normalized spacial score (nSPS) is 11.0. The number of nitro groups is 1. The summed E-state index contributed by atoms with van der Waals surface area (Å²) in [6, 6.07) is 10.0. The van der Waals surface area contributed by atoms with Crippen LogP contribution in [-0.2, 0) is 6.42 Å². The zero-order valence-corrected chi connectivity index (χ0v) is 16.6. The van der Waals surface area contributed by atoms with Gasteiger partial charge in [-0.25, -0.2) is 9.97 Å². The van der Waals surface area contributed by atoms with E-state index in [1.54, 1.807) is 0 Å². The Balaban J connectivity index is 2.24. The third-order valence-electron chi connectivity index (χ3n) is 4.01. The van der Waals surface area contributed by atoms with Crippen molar-refractivity contribution in [2.45, 2.75) is 34.1 Å². The highest BCUT2D eigenvalue weighted by atomic mass is 16.6. The van der Waals surface area contributed by atoms with Crippen LogP contribution in [0.15, 0.2) is 36.7 Å². The molecular weight excluding hydrogens is 342 g/mol. The number of hydrogen-bond donors (Lipinski definition) is 1. The van der Waals surface area contributed by atoms with Gasteiger partial charge in [0.25, 0.3) is 0 Å². The SMILES string of the molecule is CC(C)CN(CC(C)C)c1ncnc(NCCc2ccccc2)c1[N+](=O)[O-]. The highest BCUT2D eigenvalue weighted by Gasteiger charge is 2.27. The van der Waals surface area contributed by atoms with Crippen LogP contribution in [0.2, 0.25) is 0 Å². The molecule has 0 radical (unpaired) electrons. The number of aromatic nitrogens is 2. The Hall–Kier alpha value is -2.70. The van der Waals surface area contributed by atoms with Crippen molar-refractivity contribution in [3.8, 4) is 0 Å². The van der Waals surface area contributed by atoms with Gasteiger partial charge in [-0.3, -0.25) is 10.1 Å². The Morgan fingerprint density at radius 3 is 2.26 bits per heavy atom. The summed E-state index contributed by atoms with van der Waals surface area (Å²) >= 11 is 0. The van der Waals surface area contributed by atoms with Crippen molar-refractivity contribution in [2.24, 2.45) is 11.8 Å². The molecule has 0 amide bonds. The van der Waals surface area contributed by atoms with Gasteiger partial charge < -0.3 is 10.2 Å². The van der Waals surface area contributed by atoms with Gasteiger partial charge in [-0.05, 0) is 23.8 Å². The van der Waals surface area contributed by atoms with Crippen molar-refractivity contribution in [1.82, 2.24) is 9.97 Å². The summed E-state index contributed by atoms with van der Waals surface area (Å²) in [5, 5.41) is 14.9. The molecule has 0 unspecified atom stereocenters. The first-order valence-electron chi connectivity index (χ1n) is 9.40. The molecule has 0 spiro atoms. The molecular formula is C20H29N5O2. The third kappa shape index (κ3) is 6.20. The molecule has 0 aliphatic carbocycles. The molecule has 146 valence electrons. The third-order valence-corrected chi connectivity index (χ3v) is 4.01. The zero-order valence-electron chi connectivity index (χ0n) is 16.6. The molecule has 0 saturated carbocycles. The van der Waals surface area contributed by atoms with E-state index in [0.29, 0.717) is 37.3 Å². The molecule has 27 heavy (non-hydrogen) atoms. The van der Waals surface area contributed by atoms with Gasteiger partial charge in [0.1, 0.15) is 6.33 Å². The first-order chi connectivity index (χ1) is 12.9. The van der Waals surface area contributed by atoms with Crippen LogP contribution in [0, 0.1) is 22.0 Å². The molecule has 0 saturated heterocycles. The summed E-state index contributed by atoms with van der Waals surface area (Å²) in [6.45, 7) is 10.4. The van der Waals surface area contributed by atoms with Crippen LogP contribution in [0.5, 0.6) is 0 Å². The summed E-state index contributed by atoms with van der Waals surface area (Å²) in [5.74, 6) is 1.40. The Morgan fingerprint density at radius 1 is 1.07 bits per heavy atom. The number of anilines is 2. The number of nitrogens with one attached hydrogen (secondary N) is 1. The molecule has 0 bridgehead atoms. The van der Waals surface area contributed by atoms with E-state index in [1.807, 2.05) is 35.2 Å². The average Bonchev–Trinajstić information content (AvgIpc) is 2.61. The fourth-order valence-corrected chi connectivity index (χ4v) is 3.00. The largest absolute Gasteiger partial charge is 0.364 e. The minimum absolute atomic E-state index is 0.0492. The quantitative estimate of drug-likeness (QED) is 0.499. The Labute approximate surface area is 161 Å². The molecule has 2 aromatic rings. The molecule has 0 aliphatic rings. The molecule has 2 rings (SSSR count). The molecule has 7 heteroatoms. The Kier molecular flexibility index (Phi) is 7.52. The standard InChI is InChI=1S/C20H29N5O2/c1-15(2)12-24(13-16(3)4)20-18(25(26)27)19(22-14-23-20)21-11-10-17-8-6-5-7-9-17/h5-9,14-16H,10-13H2,1-4H3,(H,21,22,23). The van der Waals surface area contributed by atoms with Crippen molar-refractivity contribution >= 4 is 17.3 Å². The van der Waals surface area contributed by atoms with Gasteiger partial charge >= 0.3 is 5.69 Å². The van der Waals surface area contributed by atoms with Gasteiger partial charge in [0.15, 0.2) is 0 Å². The van der Waals surface area contributed by atoms with Gasteiger partial charge in [-0.2, -0.15) is 0 Å². The summed E-state index contributed by atoms with van der Waals surface area (Å²) < 4.78 is 0. The molecule has 1 N–H and O–H groups in total. The smallest absolute Gasteiger partial charge is 0.353 e. The van der Waals surface area contributed by atoms with E-state index < -0.39 is 0 Å². The lowest BCUT2D eigenvalue weighted by Crippen LogP contribution is -2.33. The van der Waals surface area contributed by atoms with Crippen LogP contribution in [-0.4, -0.2) is 34.5 Å². The number of hydrogen-bond acceptors (Lipinski definition) is 6.